The van der Waals surface area contributed by atoms with Gasteiger partial charge in [0.25, 0.3) is 0 Å². The summed E-state index contributed by atoms with van der Waals surface area (Å²) in [6.45, 7) is 0. The van der Waals surface area contributed by atoms with Crippen molar-refractivity contribution in [1.29, 1.82) is 0 Å². The highest BCUT2D eigenvalue weighted by molar-refractivity contribution is 5.96. The van der Waals surface area contributed by atoms with Crippen LogP contribution < -0.4 is 4.74 Å². The number of Topliss-reactive ketones (excluding diaryl/α,β-unsaturated/α-hetero) is 1. The van der Waals surface area contributed by atoms with E-state index in [2.05, 4.69) is 12.1 Å². The van der Waals surface area contributed by atoms with Crippen LogP contribution in [0, 0.1) is 29.0 Å². The number of benzene rings is 3. The Morgan fingerprint density at radius 3 is 2.22 bits per heavy atom. The summed E-state index contributed by atoms with van der Waals surface area (Å²) in [7, 11) is 0. The van der Waals surface area contributed by atoms with Crippen molar-refractivity contribution < 1.29 is 13.9 Å². The first-order valence-electron chi connectivity index (χ1n) is 12.1. The molecule has 0 aromatic heterocycles. The molecule has 32 heavy (non-hydrogen) atoms. The fourth-order valence-electron chi connectivity index (χ4n) is 8.02. The lowest BCUT2D eigenvalue weighted by atomic mass is 9.48. The van der Waals surface area contributed by atoms with Crippen molar-refractivity contribution in [2.75, 3.05) is 0 Å². The molecule has 4 aliphatic carbocycles. The van der Waals surface area contributed by atoms with Crippen LogP contribution in [-0.2, 0) is 4.79 Å². The number of carbonyl (C=O) groups is 1. The zero-order chi connectivity index (χ0) is 21.4. The fraction of sp³-hybridized carbons (Fsp3) is 0.414. The number of hydrogen-bond acceptors (Lipinski definition) is 2. The third-order valence-corrected chi connectivity index (χ3v) is 8.86. The van der Waals surface area contributed by atoms with Gasteiger partial charge in [-0.15, -0.1) is 0 Å². The second-order valence-corrected chi connectivity index (χ2v) is 10.8. The molecule has 5 aliphatic rings. The van der Waals surface area contributed by atoms with E-state index in [1.807, 2.05) is 36.4 Å². The molecule has 0 N–H and O–H groups in total. The molecule has 3 aromatic carbocycles. The van der Waals surface area contributed by atoms with Crippen molar-refractivity contribution in [3.63, 3.8) is 0 Å². The number of carbonyl (C=O) groups excluding carboxylic acids is 1. The van der Waals surface area contributed by atoms with Crippen LogP contribution in [0.2, 0.25) is 0 Å². The molecule has 8 rings (SSSR count). The Morgan fingerprint density at radius 1 is 0.844 bits per heavy atom. The van der Waals surface area contributed by atoms with Gasteiger partial charge >= 0.3 is 0 Å². The Hall–Kier alpha value is -2.68. The van der Waals surface area contributed by atoms with E-state index in [1.54, 1.807) is 6.07 Å². The topological polar surface area (TPSA) is 26.3 Å². The fourth-order valence-corrected chi connectivity index (χ4v) is 8.02. The number of rotatable bonds is 3. The van der Waals surface area contributed by atoms with Crippen LogP contribution in [0.25, 0.3) is 10.8 Å². The Bertz CT molecular complexity index is 1210. The van der Waals surface area contributed by atoms with Gasteiger partial charge in [0.15, 0.2) is 11.9 Å². The van der Waals surface area contributed by atoms with E-state index < -0.39 is 12.0 Å². The first kappa shape index (κ1) is 18.8. The quantitative estimate of drug-likeness (QED) is 0.468. The maximum Gasteiger partial charge on any atom is 0.180 e. The standard InChI is InChI=1S/C29H27FO2/c30-23-8-4-3-7-22(23)26-25-21-6-2-1-5-20(21)9-10-24(25)32-27(26)28(31)29-14-17-11-18(15-29)13-19(12-17)16-29/h1-10,17-19,26-27H,11-16H2/t17?,18?,19?,26-,27-,29?/m0/s1. The third kappa shape index (κ3) is 2.60. The summed E-state index contributed by atoms with van der Waals surface area (Å²) in [5.74, 6) is 2.35. The van der Waals surface area contributed by atoms with Gasteiger partial charge in [0.05, 0.1) is 5.92 Å². The summed E-state index contributed by atoms with van der Waals surface area (Å²) in [6.07, 6.45) is 6.22. The molecule has 0 unspecified atom stereocenters. The average Bonchev–Trinajstić information content (AvgIpc) is 3.18. The van der Waals surface area contributed by atoms with Gasteiger partial charge in [0.2, 0.25) is 0 Å². The van der Waals surface area contributed by atoms with Crippen LogP contribution in [0.1, 0.15) is 55.6 Å². The summed E-state index contributed by atoms with van der Waals surface area (Å²) >= 11 is 0. The minimum Gasteiger partial charge on any atom is -0.481 e. The predicted molar refractivity (Wildman–Crippen MR) is 122 cm³/mol. The SMILES string of the molecule is O=C([C@H]1Oc2ccc3ccccc3c2[C@@H]1c1ccccc1F)C12CC3CC(CC(C3)C1)C2. The van der Waals surface area contributed by atoms with Crippen LogP contribution in [0.15, 0.2) is 60.7 Å². The van der Waals surface area contributed by atoms with Crippen molar-refractivity contribution in [3.8, 4) is 5.75 Å². The smallest absolute Gasteiger partial charge is 0.180 e. The minimum absolute atomic E-state index is 0.227. The lowest BCUT2D eigenvalue weighted by Gasteiger charge is -2.56. The second-order valence-electron chi connectivity index (χ2n) is 10.8. The van der Waals surface area contributed by atoms with Gasteiger partial charge in [0, 0.05) is 11.0 Å². The molecule has 162 valence electrons. The first-order valence-corrected chi connectivity index (χ1v) is 12.1. The highest BCUT2D eigenvalue weighted by Crippen LogP contribution is 2.62. The number of halogens is 1. The van der Waals surface area contributed by atoms with Gasteiger partial charge in [-0.05, 0) is 84.7 Å². The van der Waals surface area contributed by atoms with E-state index in [9.17, 15) is 4.79 Å². The summed E-state index contributed by atoms with van der Waals surface area (Å²) in [5.41, 5.74) is 1.27. The summed E-state index contributed by atoms with van der Waals surface area (Å²) in [5, 5.41) is 2.15. The number of ketones is 1. The molecule has 4 fully saturated rings. The Balaban J connectivity index is 1.38. The molecule has 0 radical (unpaired) electrons. The predicted octanol–water partition coefficient (Wildman–Crippen LogP) is 6.66. The molecule has 1 aliphatic heterocycles. The molecule has 1 heterocycles. The Morgan fingerprint density at radius 2 is 1.50 bits per heavy atom. The molecule has 3 heteroatoms. The van der Waals surface area contributed by atoms with Gasteiger partial charge in [-0.1, -0.05) is 48.5 Å². The lowest BCUT2D eigenvalue weighted by molar-refractivity contribution is -0.151. The zero-order valence-electron chi connectivity index (χ0n) is 18.1. The van der Waals surface area contributed by atoms with E-state index >= 15 is 4.39 Å². The summed E-state index contributed by atoms with van der Waals surface area (Å²) in [4.78, 5) is 14.4. The van der Waals surface area contributed by atoms with Gasteiger partial charge in [-0.25, -0.2) is 4.39 Å². The van der Waals surface area contributed by atoms with Gasteiger partial charge in [-0.2, -0.15) is 0 Å². The highest BCUT2D eigenvalue weighted by Gasteiger charge is 2.58. The van der Waals surface area contributed by atoms with Crippen molar-refractivity contribution in [3.05, 3.63) is 77.6 Å². The van der Waals surface area contributed by atoms with Crippen LogP contribution >= 0.6 is 0 Å². The summed E-state index contributed by atoms with van der Waals surface area (Å²) < 4.78 is 21.6. The molecule has 2 nitrogen and oxygen atoms in total. The largest absolute Gasteiger partial charge is 0.481 e. The van der Waals surface area contributed by atoms with E-state index in [-0.39, 0.29) is 17.0 Å². The maximum atomic E-state index is 15.2. The van der Waals surface area contributed by atoms with E-state index in [1.165, 1.54) is 25.3 Å². The number of hydrogen-bond donors (Lipinski definition) is 0. The second kappa shape index (κ2) is 6.66. The van der Waals surface area contributed by atoms with Gasteiger partial charge in [0.1, 0.15) is 11.6 Å². The molecule has 0 spiro atoms. The van der Waals surface area contributed by atoms with Crippen molar-refractivity contribution in [2.24, 2.45) is 23.2 Å². The number of ether oxygens (including phenoxy) is 1. The van der Waals surface area contributed by atoms with Crippen molar-refractivity contribution in [1.82, 2.24) is 0 Å². The summed E-state index contributed by atoms with van der Waals surface area (Å²) in [6, 6.07) is 19.1. The molecular weight excluding hydrogens is 399 g/mol. The number of fused-ring (bicyclic) bond motifs is 3. The van der Waals surface area contributed by atoms with E-state index in [4.69, 9.17) is 4.74 Å². The van der Waals surface area contributed by atoms with Crippen LogP contribution in [0.4, 0.5) is 4.39 Å². The molecule has 0 amide bonds. The van der Waals surface area contributed by atoms with Gasteiger partial charge < -0.3 is 4.74 Å². The van der Waals surface area contributed by atoms with Crippen LogP contribution in [-0.4, -0.2) is 11.9 Å². The van der Waals surface area contributed by atoms with Gasteiger partial charge in [-0.3, -0.25) is 4.79 Å². The normalized spacial score (nSPS) is 34.5. The molecule has 0 saturated heterocycles. The molecular formula is C29H27FO2. The first-order chi connectivity index (χ1) is 15.6. The minimum atomic E-state index is -0.649. The third-order valence-electron chi connectivity index (χ3n) is 8.86. The van der Waals surface area contributed by atoms with Crippen LogP contribution in [0.3, 0.4) is 0 Å². The maximum absolute atomic E-state index is 15.2. The lowest BCUT2D eigenvalue weighted by Crippen LogP contribution is -2.54. The van der Waals surface area contributed by atoms with Crippen molar-refractivity contribution in [2.45, 2.75) is 50.5 Å². The molecule has 3 aromatic rings. The average molecular weight is 427 g/mol. The highest BCUT2D eigenvalue weighted by atomic mass is 19.1. The van der Waals surface area contributed by atoms with E-state index in [0.29, 0.717) is 23.3 Å². The molecule has 4 saturated carbocycles. The zero-order valence-corrected chi connectivity index (χ0v) is 18.1. The molecule has 2 atom stereocenters. The van der Waals surface area contributed by atoms with Crippen molar-refractivity contribution >= 4 is 16.6 Å². The Kier molecular flexibility index (Phi) is 3.93. The van der Waals surface area contributed by atoms with E-state index in [0.717, 1.165) is 41.3 Å². The Labute approximate surface area is 187 Å². The van der Waals surface area contributed by atoms with Crippen LogP contribution in [0.5, 0.6) is 5.75 Å². The molecule has 4 bridgehead atoms. The monoisotopic (exact) mass is 426 g/mol.